The molecule has 0 spiro atoms. The molecule has 0 radical (unpaired) electrons. The van der Waals surface area contributed by atoms with Crippen LogP contribution in [0.3, 0.4) is 0 Å². The van der Waals surface area contributed by atoms with Crippen LogP contribution in [-0.2, 0) is 6.54 Å². The van der Waals surface area contributed by atoms with E-state index < -0.39 is 21.9 Å². The highest BCUT2D eigenvalue weighted by Gasteiger charge is 2.17. The first-order chi connectivity index (χ1) is 9.38. The van der Waals surface area contributed by atoms with E-state index in [1.165, 1.54) is 11.3 Å². The molecule has 2 aromatic rings. The van der Waals surface area contributed by atoms with Crippen LogP contribution in [0.4, 0.5) is 5.69 Å². The van der Waals surface area contributed by atoms with Gasteiger partial charge in [0.25, 0.3) is 0 Å². The van der Waals surface area contributed by atoms with E-state index in [4.69, 9.17) is 0 Å². The molecule has 8 nitrogen and oxygen atoms in total. The van der Waals surface area contributed by atoms with Crippen LogP contribution in [0.5, 0.6) is 0 Å². The number of hydrogen-bond donors (Lipinski definition) is 1. The van der Waals surface area contributed by atoms with Gasteiger partial charge in [-0.1, -0.05) is 0 Å². The standard InChI is InChI=1S/C11H9N3O5S/c1-6-2-3-9(20-6)8(15)5-13-4-7(14(18)19)10(16)12-11(13)17/h2-4H,5H2,1H3,(H,12,16,17). The van der Waals surface area contributed by atoms with Crippen molar-refractivity contribution in [2.24, 2.45) is 0 Å². The van der Waals surface area contributed by atoms with E-state index in [9.17, 15) is 24.5 Å². The molecule has 2 heterocycles. The maximum absolute atomic E-state index is 11.9. The first kappa shape index (κ1) is 13.9. The average molecular weight is 295 g/mol. The number of aryl methyl sites for hydroxylation is 1. The van der Waals surface area contributed by atoms with E-state index in [0.29, 0.717) is 4.88 Å². The van der Waals surface area contributed by atoms with Crippen molar-refractivity contribution in [2.45, 2.75) is 13.5 Å². The number of Topliss-reactive ketones (excluding diaryl/α,β-unsaturated/α-hetero) is 1. The molecule has 0 unspecified atom stereocenters. The Morgan fingerprint density at radius 3 is 2.70 bits per heavy atom. The van der Waals surface area contributed by atoms with Crippen LogP contribution in [-0.4, -0.2) is 20.3 Å². The molecular formula is C11H9N3O5S. The SMILES string of the molecule is Cc1ccc(C(=O)Cn2cc([N+](=O)[O-])c(=O)[nH]c2=O)s1. The van der Waals surface area contributed by atoms with Crippen molar-refractivity contribution in [1.82, 2.24) is 9.55 Å². The number of nitrogens with zero attached hydrogens (tertiary/aromatic N) is 2. The summed E-state index contributed by atoms with van der Waals surface area (Å²) in [5.74, 6) is -0.355. The number of hydrogen-bond acceptors (Lipinski definition) is 6. The van der Waals surface area contributed by atoms with Crippen molar-refractivity contribution in [2.75, 3.05) is 0 Å². The van der Waals surface area contributed by atoms with Crippen molar-refractivity contribution in [1.29, 1.82) is 0 Å². The number of thiophene rings is 1. The number of ketones is 1. The maximum atomic E-state index is 11.9. The van der Waals surface area contributed by atoms with Gasteiger partial charge in [0.1, 0.15) is 0 Å². The fourth-order valence-corrected chi connectivity index (χ4v) is 2.36. The third-order valence-electron chi connectivity index (χ3n) is 2.52. The predicted octanol–water partition coefficient (Wildman–Crippen LogP) is 0.698. The molecule has 0 aliphatic carbocycles. The smallest absolute Gasteiger partial charge is 0.291 e. The van der Waals surface area contributed by atoms with Gasteiger partial charge in [-0.05, 0) is 19.1 Å². The van der Waals surface area contributed by atoms with Crippen molar-refractivity contribution in [3.63, 3.8) is 0 Å². The number of aromatic nitrogens is 2. The summed E-state index contributed by atoms with van der Waals surface area (Å²) in [6.07, 6.45) is 0.777. The molecule has 0 aromatic carbocycles. The molecule has 2 rings (SSSR count). The highest BCUT2D eigenvalue weighted by Crippen LogP contribution is 2.16. The molecule has 0 atom stereocenters. The van der Waals surface area contributed by atoms with E-state index in [2.05, 4.69) is 0 Å². The molecule has 9 heteroatoms. The summed E-state index contributed by atoms with van der Waals surface area (Å²) < 4.78 is 0.816. The van der Waals surface area contributed by atoms with Gasteiger partial charge in [0.05, 0.1) is 22.5 Å². The number of nitro groups is 1. The molecule has 20 heavy (non-hydrogen) atoms. The Hall–Kier alpha value is -2.55. The third kappa shape index (κ3) is 2.72. The van der Waals surface area contributed by atoms with E-state index in [1.54, 1.807) is 12.1 Å². The molecule has 0 saturated carbocycles. The summed E-state index contributed by atoms with van der Waals surface area (Å²) in [6, 6.07) is 3.38. The maximum Gasteiger partial charge on any atom is 0.350 e. The summed E-state index contributed by atoms with van der Waals surface area (Å²) in [7, 11) is 0. The van der Waals surface area contributed by atoms with Crippen LogP contribution < -0.4 is 11.2 Å². The largest absolute Gasteiger partial charge is 0.350 e. The summed E-state index contributed by atoms with van der Waals surface area (Å²) in [6.45, 7) is 1.47. The number of rotatable bonds is 4. The summed E-state index contributed by atoms with van der Waals surface area (Å²) >= 11 is 1.26. The molecule has 0 fully saturated rings. The lowest BCUT2D eigenvalue weighted by molar-refractivity contribution is -0.386. The van der Waals surface area contributed by atoms with Gasteiger partial charge in [-0.3, -0.25) is 29.3 Å². The van der Waals surface area contributed by atoms with Crippen LogP contribution >= 0.6 is 11.3 Å². The number of aromatic amines is 1. The minimum absolute atomic E-state index is 0.355. The van der Waals surface area contributed by atoms with E-state index in [0.717, 1.165) is 15.6 Å². The Balaban J connectivity index is 2.37. The third-order valence-corrected chi connectivity index (χ3v) is 3.56. The average Bonchev–Trinajstić information content (AvgIpc) is 2.79. The summed E-state index contributed by atoms with van der Waals surface area (Å²) in [4.78, 5) is 47.6. The van der Waals surface area contributed by atoms with Gasteiger partial charge in [0.15, 0.2) is 5.78 Å². The molecule has 0 amide bonds. The van der Waals surface area contributed by atoms with E-state index >= 15 is 0 Å². The summed E-state index contributed by atoms with van der Waals surface area (Å²) in [5.41, 5.74) is -2.72. The zero-order valence-electron chi connectivity index (χ0n) is 10.3. The second-order valence-corrected chi connectivity index (χ2v) is 5.28. The Morgan fingerprint density at radius 1 is 1.45 bits per heavy atom. The summed E-state index contributed by atoms with van der Waals surface area (Å²) in [5, 5.41) is 10.6. The number of carbonyl (C=O) groups is 1. The van der Waals surface area contributed by atoms with Gasteiger partial charge in [-0.15, -0.1) is 11.3 Å². The number of nitrogens with one attached hydrogen (secondary N) is 1. The molecule has 0 bridgehead atoms. The quantitative estimate of drug-likeness (QED) is 0.506. The van der Waals surface area contributed by atoms with Crippen molar-refractivity contribution in [3.8, 4) is 0 Å². The zero-order valence-corrected chi connectivity index (χ0v) is 11.1. The van der Waals surface area contributed by atoms with Gasteiger partial charge in [-0.2, -0.15) is 0 Å². The Morgan fingerprint density at radius 2 is 2.15 bits per heavy atom. The van der Waals surface area contributed by atoms with Crippen LogP contribution in [0.25, 0.3) is 0 Å². The number of carbonyl (C=O) groups excluding carboxylic acids is 1. The van der Waals surface area contributed by atoms with Crippen LogP contribution in [0.2, 0.25) is 0 Å². The zero-order chi connectivity index (χ0) is 14.9. The Bertz CT molecular complexity index is 801. The van der Waals surface area contributed by atoms with Gasteiger partial charge in [0.2, 0.25) is 0 Å². The van der Waals surface area contributed by atoms with Gasteiger partial charge in [-0.25, -0.2) is 4.79 Å². The topological polar surface area (TPSA) is 115 Å². The second-order valence-electron chi connectivity index (χ2n) is 3.99. The molecular weight excluding hydrogens is 286 g/mol. The molecule has 1 N–H and O–H groups in total. The van der Waals surface area contributed by atoms with Crippen molar-refractivity contribution < 1.29 is 9.72 Å². The Labute approximate surface area is 115 Å². The lowest BCUT2D eigenvalue weighted by Crippen LogP contribution is -2.32. The predicted molar refractivity (Wildman–Crippen MR) is 71.4 cm³/mol. The van der Waals surface area contributed by atoms with Crippen LogP contribution in [0.1, 0.15) is 14.5 Å². The minimum Gasteiger partial charge on any atom is -0.291 e. The highest BCUT2D eigenvalue weighted by molar-refractivity contribution is 7.14. The van der Waals surface area contributed by atoms with Crippen LogP contribution in [0, 0.1) is 17.0 Å². The molecule has 0 aliphatic heterocycles. The molecule has 2 aromatic heterocycles. The monoisotopic (exact) mass is 295 g/mol. The molecule has 104 valence electrons. The number of H-pyrrole nitrogens is 1. The molecule has 0 saturated heterocycles. The fourth-order valence-electron chi connectivity index (χ4n) is 1.56. The van der Waals surface area contributed by atoms with Gasteiger partial charge < -0.3 is 0 Å². The fraction of sp³-hybridized carbons (Fsp3) is 0.182. The lowest BCUT2D eigenvalue weighted by Gasteiger charge is -2.02. The van der Waals surface area contributed by atoms with Gasteiger partial charge in [0, 0.05) is 4.88 Å². The van der Waals surface area contributed by atoms with Crippen LogP contribution in [0.15, 0.2) is 27.9 Å². The first-order valence-corrected chi connectivity index (χ1v) is 6.28. The highest BCUT2D eigenvalue weighted by atomic mass is 32.1. The van der Waals surface area contributed by atoms with E-state index in [1.807, 2.05) is 11.9 Å². The van der Waals surface area contributed by atoms with E-state index in [-0.39, 0.29) is 12.3 Å². The Kier molecular flexibility index (Phi) is 3.61. The van der Waals surface area contributed by atoms with Crippen molar-refractivity contribution in [3.05, 3.63) is 59.0 Å². The first-order valence-electron chi connectivity index (χ1n) is 5.46. The van der Waals surface area contributed by atoms with Gasteiger partial charge >= 0.3 is 16.9 Å². The minimum atomic E-state index is -1.09. The van der Waals surface area contributed by atoms with Crippen molar-refractivity contribution >= 4 is 22.8 Å². The lowest BCUT2D eigenvalue weighted by atomic mass is 10.3. The normalized spacial score (nSPS) is 10.4. The molecule has 0 aliphatic rings. The second kappa shape index (κ2) is 5.21.